The zero-order valence-corrected chi connectivity index (χ0v) is 16.6. The van der Waals surface area contributed by atoms with Crippen molar-refractivity contribution in [1.82, 2.24) is 16.0 Å². The van der Waals surface area contributed by atoms with Gasteiger partial charge in [-0.3, -0.25) is 4.79 Å². The van der Waals surface area contributed by atoms with Crippen LogP contribution in [-0.2, 0) is 21.2 Å². The number of sulfone groups is 1. The predicted molar refractivity (Wildman–Crippen MR) is 106 cm³/mol. The number of hydrogen-bond acceptors (Lipinski definition) is 5. The highest BCUT2D eigenvalue weighted by Crippen LogP contribution is 2.13. The van der Waals surface area contributed by atoms with Crippen LogP contribution in [-0.4, -0.2) is 58.0 Å². The Balaban J connectivity index is 1.78. The third-order valence-electron chi connectivity index (χ3n) is 4.14. The summed E-state index contributed by atoms with van der Waals surface area (Å²) in [5, 5.41) is 9.03. The average Bonchev–Trinajstić information content (AvgIpc) is 2.98. The van der Waals surface area contributed by atoms with Gasteiger partial charge in [0.05, 0.1) is 25.2 Å². The van der Waals surface area contributed by atoms with E-state index in [-0.39, 0.29) is 29.9 Å². The second kappa shape index (κ2) is 10.1. The van der Waals surface area contributed by atoms with E-state index in [0.29, 0.717) is 32.0 Å². The van der Waals surface area contributed by atoms with Gasteiger partial charge in [-0.25, -0.2) is 13.4 Å². The summed E-state index contributed by atoms with van der Waals surface area (Å²) < 4.78 is 28.1. The monoisotopic (exact) mass is 396 g/mol. The molecule has 1 aromatic rings. The van der Waals surface area contributed by atoms with Gasteiger partial charge in [-0.15, -0.1) is 0 Å². The standard InChI is InChI=1S/C18H28N4O4S/c1-3-19-18(21-12-14-5-4-6-16(11-14)26-2)20-9-7-17(23)22-15-8-10-27(24,25)13-15/h4-6,11,15H,3,7-10,12-13H2,1-2H3,(H,22,23)(H2,19,20,21). The molecule has 1 atom stereocenters. The number of carbonyl (C=O) groups is 1. The van der Waals surface area contributed by atoms with Crippen LogP contribution in [0.5, 0.6) is 5.75 Å². The number of amides is 1. The van der Waals surface area contributed by atoms with Crippen LogP contribution in [0.1, 0.15) is 25.3 Å². The molecule has 1 saturated heterocycles. The lowest BCUT2D eigenvalue weighted by atomic mass is 10.2. The number of nitrogens with zero attached hydrogens (tertiary/aromatic N) is 1. The molecule has 1 unspecified atom stereocenters. The number of guanidine groups is 1. The Morgan fingerprint density at radius 2 is 2.15 bits per heavy atom. The van der Waals surface area contributed by atoms with Crippen LogP contribution in [0.2, 0.25) is 0 Å². The zero-order chi connectivity index (χ0) is 19.7. The molecule has 0 radical (unpaired) electrons. The molecule has 1 aromatic carbocycles. The minimum Gasteiger partial charge on any atom is -0.497 e. The van der Waals surface area contributed by atoms with Gasteiger partial charge in [-0.1, -0.05) is 12.1 Å². The summed E-state index contributed by atoms with van der Waals surface area (Å²) in [6.07, 6.45) is 0.742. The van der Waals surface area contributed by atoms with Crippen LogP contribution in [0.3, 0.4) is 0 Å². The van der Waals surface area contributed by atoms with Crippen molar-refractivity contribution >= 4 is 21.7 Å². The molecule has 27 heavy (non-hydrogen) atoms. The second-order valence-corrected chi connectivity index (χ2v) is 8.62. The molecular formula is C18H28N4O4S. The summed E-state index contributed by atoms with van der Waals surface area (Å²) in [6, 6.07) is 7.43. The number of ether oxygens (including phenoxy) is 1. The highest BCUT2D eigenvalue weighted by atomic mass is 32.2. The summed E-state index contributed by atoms with van der Waals surface area (Å²) in [6.45, 7) is 3.57. The van der Waals surface area contributed by atoms with Crippen LogP contribution < -0.4 is 20.7 Å². The molecule has 3 N–H and O–H groups in total. The minimum atomic E-state index is -2.99. The number of benzene rings is 1. The maximum atomic E-state index is 12.0. The van der Waals surface area contributed by atoms with Gasteiger partial charge in [-0.2, -0.15) is 0 Å². The van der Waals surface area contributed by atoms with Gasteiger partial charge in [0.25, 0.3) is 0 Å². The normalized spacial score (nSPS) is 18.7. The molecule has 0 aromatic heterocycles. The zero-order valence-electron chi connectivity index (χ0n) is 15.8. The molecule has 9 heteroatoms. The maximum absolute atomic E-state index is 12.0. The molecule has 1 heterocycles. The van der Waals surface area contributed by atoms with E-state index >= 15 is 0 Å². The molecule has 0 spiro atoms. The van der Waals surface area contributed by atoms with Gasteiger partial charge in [0.1, 0.15) is 5.75 Å². The van der Waals surface area contributed by atoms with Crippen molar-refractivity contribution in [3.8, 4) is 5.75 Å². The van der Waals surface area contributed by atoms with Gasteiger partial charge in [0.2, 0.25) is 5.91 Å². The Bertz CT molecular complexity index is 764. The summed E-state index contributed by atoms with van der Waals surface area (Å²) >= 11 is 0. The van der Waals surface area contributed by atoms with Crippen molar-refractivity contribution in [2.24, 2.45) is 4.99 Å². The fourth-order valence-electron chi connectivity index (χ4n) is 2.79. The number of rotatable bonds is 8. The highest BCUT2D eigenvalue weighted by molar-refractivity contribution is 7.91. The van der Waals surface area contributed by atoms with E-state index in [1.807, 2.05) is 31.2 Å². The van der Waals surface area contributed by atoms with Crippen LogP contribution in [0.25, 0.3) is 0 Å². The first-order valence-electron chi connectivity index (χ1n) is 9.06. The molecular weight excluding hydrogens is 368 g/mol. The van der Waals surface area contributed by atoms with Gasteiger partial charge >= 0.3 is 0 Å². The number of aliphatic imine (C=N–C) groups is 1. The molecule has 2 rings (SSSR count). The molecule has 0 bridgehead atoms. The van der Waals surface area contributed by atoms with E-state index in [4.69, 9.17) is 4.74 Å². The van der Waals surface area contributed by atoms with E-state index in [2.05, 4.69) is 20.9 Å². The van der Waals surface area contributed by atoms with Crippen molar-refractivity contribution in [3.63, 3.8) is 0 Å². The molecule has 0 saturated carbocycles. The Morgan fingerprint density at radius 3 is 2.81 bits per heavy atom. The van der Waals surface area contributed by atoms with Crippen molar-refractivity contribution < 1.29 is 17.9 Å². The minimum absolute atomic E-state index is 0.0385. The van der Waals surface area contributed by atoms with E-state index in [1.165, 1.54) is 0 Å². The Hall–Kier alpha value is -2.29. The predicted octanol–water partition coefficient (Wildman–Crippen LogP) is 0.444. The lowest BCUT2D eigenvalue weighted by molar-refractivity contribution is -0.121. The highest BCUT2D eigenvalue weighted by Gasteiger charge is 2.28. The van der Waals surface area contributed by atoms with Crippen LogP contribution in [0.15, 0.2) is 29.3 Å². The maximum Gasteiger partial charge on any atom is 0.222 e. The van der Waals surface area contributed by atoms with Crippen molar-refractivity contribution in [2.45, 2.75) is 32.4 Å². The average molecular weight is 397 g/mol. The van der Waals surface area contributed by atoms with E-state index in [0.717, 1.165) is 11.3 Å². The van der Waals surface area contributed by atoms with Crippen molar-refractivity contribution in [3.05, 3.63) is 29.8 Å². The lowest BCUT2D eigenvalue weighted by Gasteiger charge is -2.13. The fourth-order valence-corrected chi connectivity index (χ4v) is 4.46. The molecule has 8 nitrogen and oxygen atoms in total. The van der Waals surface area contributed by atoms with Crippen LogP contribution in [0.4, 0.5) is 0 Å². The first kappa shape index (κ1) is 21.0. The van der Waals surface area contributed by atoms with Crippen LogP contribution >= 0.6 is 0 Å². The fraction of sp³-hybridized carbons (Fsp3) is 0.556. The Labute approximate surface area is 160 Å². The van der Waals surface area contributed by atoms with Gasteiger partial charge in [0.15, 0.2) is 15.8 Å². The van der Waals surface area contributed by atoms with E-state index in [1.54, 1.807) is 7.11 Å². The molecule has 1 fully saturated rings. The van der Waals surface area contributed by atoms with E-state index < -0.39 is 9.84 Å². The molecule has 1 aliphatic heterocycles. The van der Waals surface area contributed by atoms with Crippen molar-refractivity contribution in [2.75, 3.05) is 31.7 Å². The van der Waals surface area contributed by atoms with Gasteiger partial charge in [-0.05, 0) is 31.0 Å². The lowest BCUT2D eigenvalue weighted by Crippen LogP contribution is -2.41. The molecule has 0 aliphatic carbocycles. The third-order valence-corrected chi connectivity index (χ3v) is 5.91. The number of carbonyl (C=O) groups excluding carboxylic acids is 1. The topological polar surface area (TPSA) is 109 Å². The van der Waals surface area contributed by atoms with Crippen LogP contribution in [0, 0.1) is 0 Å². The Kier molecular flexibility index (Phi) is 7.90. The smallest absolute Gasteiger partial charge is 0.222 e. The summed E-state index contributed by atoms with van der Waals surface area (Å²) in [4.78, 5) is 16.5. The van der Waals surface area contributed by atoms with Gasteiger partial charge in [0, 0.05) is 25.6 Å². The summed E-state index contributed by atoms with van der Waals surface area (Å²) in [7, 11) is -1.36. The second-order valence-electron chi connectivity index (χ2n) is 6.39. The number of methoxy groups -OCH3 is 1. The van der Waals surface area contributed by atoms with Gasteiger partial charge < -0.3 is 20.7 Å². The first-order valence-corrected chi connectivity index (χ1v) is 10.9. The number of hydrogen-bond donors (Lipinski definition) is 3. The summed E-state index contributed by atoms with van der Waals surface area (Å²) in [5.74, 6) is 1.44. The molecule has 1 aliphatic rings. The molecule has 1 amide bonds. The summed E-state index contributed by atoms with van der Waals surface area (Å²) in [5.41, 5.74) is 1.02. The molecule has 150 valence electrons. The first-order chi connectivity index (χ1) is 12.9. The van der Waals surface area contributed by atoms with E-state index in [9.17, 15) is 13.2 Å². The quantitative estimate of drug-likeness (QED) is 0.435. The number of nitrogens with one attached hydrogen (secondary N) is 3. The largest absolute Gasteiger partial charge is 0.497 e. The SMILES string of the molecule is CCNC(=NCc1cccc(OC)c1)NCCC(=O)NC1CCS(=O)(=O)C1. The third kappa shape index (κ3) is 7.46. The Morgan fingerprint density at radius 1 is 1.33 bits per heavy atom. The van der Waals surface area contributed by atoms with Crippen molar-refractivity contribution in [1.29, 1.82) is 0 Å².